The Hall–Kier alpha value is -2.93. The normalized spacial score (nSPS) is 17.6. The number of fused-ring (bicyclic) bond motifs is 1. The molecule has 0 radical (unpaired) electrons. The lowest BCUT2D eigenvalue weighted by Gasteiger charge is -2.34. The largest absolute Gasteiger partial charge is 0.508 e. The number of carbonyl (C=O) groups excluding carboxylic acids is 1. The lowest BCUT2D eigenvalue weighted by atomic mass is 10.0. The minimum atomic E-state index is -0.00377. The van der Waals surface area contributed by atoms with E-state index in [1.165, 1.54) is 0 Å². The van der Waals surface area contributed by atoms with Crippen LogP contribution in [0.25, 0.3) is 22.3 Å². The molecule has 3 N–H and O–H groups in total. The number of H-pyrrole nitrogens is 1. The average molecular weight is 351 g/mol. The first-order valence-corrected chi connectivity index (χ1v) is 8.71. The van der Waals surface area contributed by atoms with Gasteiger partial charge in [0.25, 0.3) is 5.91 Å². The fourth-order valence-electron chi connectivity index (χ4n) is 3.42. The van der Waals surface area contributed by atoms with Crippen LogP contribution < -0.4 is 5.32 Å². The van der Waals surface area contributed by atoms with Crippen molar-refractivity contribution in [3.8, 4) is 17.0 Å². The number of pyridine rings is 1. The Kier molecular flexibility index (Phi) is 4.08. The molecule has 2 aromatic heterocycles. The molecule has 0 saturated carbocycles. The Labute approximate surface area is 151 Å². The number of aryl methyl sites for hydroxylation is 1. The van der Waals surface area contributed by atoms with Crippen LogP contribution in [0.3, 0.4) is 0 Å². The minimum Gasteiger partial charge on any atom is -0.508 e. The summed E-state index contributed by atoms with van der Waals surface area (Å²) in [7, 11) is 0. The quantitative estimate of drug-likeness (QED) is 0.657. The first kappa shape index (κ1) is 16.5. The van der Waals surface area contributed by atoms with E-state index in [2.05, 4.69) is 20.5 Å². The van der Waals surface area contributed by atoms with Crippen molar-refractivity contribution >= 4 is 16.9 Å². The van der Waals surface area contributed by atoms with E-state index in [1.807, 2.05) is 24.8 Å². The molecule has 7 heteroatoms. The van der Waals surface area contributed by atoms with Gasteiger partial charge in [-0.15, -0.1) is 0 Å². The first-order chi connectivity index (χ1) is 12.5. The molecule has 1 aliphatic rings. The van der Waals surface area contributed by atoms with Crippen molar-refractivity contribution in [2.24, 2.45) is 0 Å². The van der Waals surface area contributed by atoms with Gasteiger partial charge in [-0.05, 0) is 44.2 Å². The SMILES string of the molecule is Cc1[nH]nc2nc(-c3ccc(O)cc3)cc(C(=O)N3CCNC[C@H]3C)c12. The summed E-state index contributed by atoms with van der Waals surface area (Å²) in [5, 5.41) is 20.8. The molecule has 0 spiro atoms. The van der Waals surface area contributed by atoms with Gasteiger partial charge in [0.2, 0.25) is 0 Å². The van der Waals surface area contributed by atoms with Gasteiger partial charge in [-0.1, -0.05) is 0 Å². The minimum absolute atomic E-state index is 0.00377. The van der Waals surface area contributed by atoms with Crippen molar-refractivity contribution in [3.63, 3.8) is 0 Å². The summed E-state index contributed by atoms with van der Waals surface area (Å²) in [5.41, 5.74) is 3.45. The van der Waals surface area contributed by atoms with Gasteiger partial charge in [0, 0.05) is 36.9 Å². The number of hydrogen-bond acceptors (Lipinski definition) is 5. The van der Waals surface area contributed by atoms with Crippen LogP contribution in [-0.2, 0) is 0 Å². The summed E-state index contributed by atoms with van der Waals surface area (Å²) in [6.07, 6.45) is 0. The Morgan fingerprint density at radius 1 is 1.31 bits per heavy atom. The number of piperazine rings is 1. The standard InChI is InChI=1S/C19H21N5O2/c1-11-10-20-7-8-24(11)19(26)15-9-16(13-3-5-14(25)6-4-13)21-18-17(15)12(2)22-23-18/h3-6,9,11,20,25H,7-8,10H2,1-2H3,(H,21,22,23)/t11-/m1/s1. The van der Waals surface area contributed by atoms with E-state index in [9.17, 15) is 9.90 Å². The van der Waals surface area contributed by atoms with Crippen molar-refractivity contribution in [1.29, 1.82) is 0 Å². The maximum atomic E-state index is 13.3. The monoisotopic (exact) mass is 351 g/mol. The molecular formula is C19H21N5O2. The molecule has 7 nitrogen and oxygen atoms in total. The lowest BCUT2D eigenvalue weighted by Crippen LogP contribution is -2.52. The van der Waals surface area contributed by atoms with Crippen LogP contribution in [0.5, 0.6) is 5.75 Å². The van der Waals surface area contributed by atoms with Gasteiger partial charge in [0.05, 0.1) is 16.6 Å². The van der Waals surface area contributed by atoms with E-state index in [1.54, 1.807) is 24.3 Å². The fraction of sp³-hybridized carbons (Fsp3) is 0.316. The van der Waals surface area contributed by atoms with Gasteiger partial charge in [0.15, 0.2) is 5.65 Å². The molecule has 1 amide bonds. The number of nitrogens with one attached hydrogen (secondary N) is 2. The zero-order valence-corrected chi connectivity index (χ0v) is 14.8. The highest BCUT2D eigenvalue weighted by molar-refractivity contribution is 6.07. The second-order valence-corrected chi connectivity index (χ2v) is 6.70. The van der Waals surface area contributed by atoms with Crippen molar-refractivity contribution in [2.45, 2.75) is 19.9 Å². The zero-order valence-electron chi connectivity index (χ0n) is 14.8. The smallest absolute Gasteiger partial charge is 0.255 e. The molecule has 1 saturated heterocycles. The van der Waals surface area contributed by atoms with Gasteiger partial charge in [-0.2, -0.15) is 5.10 Å². The molecule has 1 aromatic carbocycles. The van der Waals surface area contributed by atoms with Crippen LogP contribution in [0.4, 0.5) is 0 Å². The molecule has 3 heterocycles. The van der Waals surface area contributed by atoms with Crippen LogP contribution in [0.1, 0.15) is 23.0 Å². The molecule has 0 unspecified atom stereocenters. The molecule has 134 valence electrons. The summed E-state index contributed by atoms with van der Waals surface area (Å²) >= 11 is 0. The van der Waals surface area contributed by atoms with E-state index in [-0.39, 0.29) is 17.7 Å². The number of hydrogen-bond donors (Lipinski definition) is 3. The maximum absolute atomic E-state index is 13.3. The first-order valence-electron chi connectivity index (χ1n) is 8.71. The van der Waals surface area contributed by atoms with Gasteiger partial charge >= 0.3 is 0 Å². The number of rotatable bonds is 2. The highest BCUT2D eigenvalue weighted by Gasteiger charge is 2.27. The summed E-state index contributed by atoms with van der Waals surface area (Å²) in [6, 6.07) is 8.74. The summed E-state index contributed by atoms with van der Waals surface area (Å²) < 4.78 is 0. The van der Waals surface area contributed by atoms with Crippen molar-refractivity contribution < 1.29 is 9.90 Å². The molecule has 3 aromatic rings. The van der Waals surface area contributed by atoms with Crippen LogP contribution in [-0.4, -0.2) is 56.8 Å². The summed E-state index contributed by atoms with van der Waals surface area (Å²) in [4.78, 5) is 19.8. The molecule has 26 heavy (non-hydrogen) atoms. The van der Waals surface area contributed by atoms with Crippen LogP contribution >= 0.6 is 0 Å². The molecule has 1 atom stereocenters. The maximum Gasteiger partial charge on any atom is 0.255 e. The number of carbonyl (C=O) groups is 1. The predicted molar refractivity (Wildman–Crippen MR) is 99.1 cm³/mol. The van der Waals surface area contributed by atoms with Crippen molar-refractivity contribution in [3.05, 3.63) is 41.6 Å². The molecule has 0 aliphatic carbocycles. The average Bonchev–Trinajstić information content (AvgIpc) is 3.02. The van der Waals surface area contributed by atoms with Crippen LogP contribution in [0, 0.1) is 6.92 Å². The second-order valence-electron chi connectivity index (χ2n) is 6.70. The Morgan fingerprint density at radius 2 is 2.08 bits per heavy atom. The highest BCUT2D eigenvalue weighted by atomic mass is 16.3. The third-order valence-corrected chi connectivity index (χ3v) is 4.86. The number of nitrogens with zero attached hydrogens (tertiary/aromatic N) is 3. The Bertz CT molecular complexity index is 964. The van der Waals surface area contributed by atoms with Gasteiger partial charge < -0.3 is 15.3 Å². The van der Waals surface area contributed by atoms with E-state index < -0.39 is 0 Å². The molecule has 1 fully saturated rings. The molecule has 0 bridgehead atoms. The zero-order chi connectivity index (χ0) is 18.3. The summed E-state index contributed by atoms with van der Waals surface area (Å²) in [6.45, 7) is 6.20. The Balaban J connectivity index is 1.85. The van der Waals surface area contributed by atoms with E-state index in [4.69, 9.17) is 0 Å². The number of amides is 1. The second kappa shape index (κ2) is 6.42. The third-order valence-electron chi connectivity index (χ3n) is 4.86. The molecule has 4 rings (SSSR count). The number of aromatic hydroxyl groups is 1. The lowest BCUT2D eigenvalue weighted by molar-refractivity contribution is 0.0657. The van der Waals surface area contributed by atoms with E-state index >= 15 is 0 Å². The number of phenolic OH excluding ortho intramolecular Hbond substituents is 1. The van der Waals surface area contributed by atoms with Crippen molar-refractivity contribution in [2.75, 3.05) is 19.6 Å². The van der Waals surface area contributed by atoms with Gasteiger partial charge in [0.1, 0.15) is 5.75 Å². The van der Waals surface area contributed by atoms with Crippen LogP contribution in [0.15, 0.2) is 30.3 Å². The topological polar surface area (TPSA) is 94.1 Å². The fourth-order valence-corrected chi connectivity index (χ4v) is 3.42. The molecule has 1 aliphatic heterocycles. The number of phenols is 1. The number of benzene rings is 1. The summed E-state index contributed by atoms with van der Waals surface area (Å²) in [5.74, 6) is 0.187. The van der Waals surface area contributed by atoms with E-state index in [0.29, 0.717) is 23.4 Å². The van der Waals surface area contributed by atoms with Gasteiger partial charge in [-0.25, -0.2) is 4.98 Å². The number of aromatic nitrogens is 3. The van der Waals surface area contributed by atoms with Crippen molar-refractivity contribution in [1.82, 2.24) is 25.4 Å². The molecular weight excluding hydrogens is 330 g/mol. The van der Waals surface area contributed by atoms with Gasteiger partial charge in [-0.3, -0.25) is 9.89 Å². The number of aromatic amines is 1. The third kappa shape index (κ3) is 2.80. The van der Waals surface area contributed by atoms with E-state index in [0.717, 1.165) is 29.7 Å². The van der Waals surface area contributed by atoms with Crippen LogP contribution in [0.2, 0.25) is 0 Å². The highest BCUT2D eigenvalue weighted by Crippen LogP contribution is 2.28. The predicted octanol–water partition coefficient (Wildman–Crippen LogP) is 2.07. The Morgan fingerprint density at radius 3 is 2.81 bits per heavy atom.